The summed E-state index contributed by atoms with van der Waals surface area (Å²) in [7, 11) is 0. The fraction of sp³-hybridized carbons (Fsp3) is 0.353. The number of nitrogens with one attached hydrogen (secondary N) is 2. The molecular weight excluding hydrogens is 297 g/mol. The van der Waals surface area contributed by atoms with E-state index >= 15 is 0 Å². The van der Waals surface area contributed by atoms with E-state index in [0.717, 1.165) is 5.56 Å². The first-order valence-electron chi connectivity index (χ1n) is 7.67. The monoisotopic (exact) mass is 319 g/mol. The van der Waals surface area contributed by atoms with Crippen molar-refractivity contribution < 1.29 is 13.9 Å². The normalized spacial score (nSPS) is 12.9. The van der Waals surface area contributed by atoms with Crippen molar-refractivity contribution in [2.24, 2.45) is 4.99 Å². The number of nitrogens with zero attached hydrogens (tertiary/aromatic N) is 1. The molecule has 2 aromatic rings. The number of halogens is 1. The summed E-state index contributed by atoms with van der Waals surface area (Å²) in [5.74, 6) is 0.864. The van der Waals surface area contributed by atoms with Gasteiger partial charge in [-0.15, -0.1) is 0 Å². The smallest absolute Gasteiger partial charge is 0.191 e. The Hall–Kier alpha value is -2.34. The predicted octanol–water partition coefficient (Wildman–Crippen LogP) is 2.25. The average Bonchev–Trinajstić information content (AvgIpc) is 3.07. The van der Waals surface area contributed by atoms with E-state index in [1.165, 1.54) is 18.4 Å². The van der Waals surface area contributed by atoms with E-state index < -0.39 is 6.10 Å². The summed E-state index contributed by atoms with van der Waals surface area (Å²) in [5, 5.41) is 16.2. The molecule has 6 heteroatoms. The van der Waals surface area contributed by atoms with Crippen LogP contribution in [0.2, 0.25) is 0 Å². The second-order valence-electron chi connectivity index (χ2n) is 5.06. The molecule has 1 aromatic heterocycles. The van der Waals surface area contributed by atoms with Crippen molar-refractivity contribution in [3.8, 4) is 0 Å². The van der Waals surface area contributed by atoms with E-state index in [-0.39, 0.29) is 12.4 Å². The van der Waals surface area contributed by atoms with Gasteiger partial charge in [-0.05, 0) is 43.2 Å². The van der Waals surface area contributed by atoms with Crippen molar-refractivity contribution >= 4 is 5.96 Å². The van der Waals surface area contributed by atoms with Crippen molar-refractivity contribution in [3.63, 3.8) is 0 Å². The van der Waals surface area contributed by atoms with Crippen LogP contribution in [0.1, 0.15) is 24.4 Å². The molecule has 124 valence electrons. The standard InChI is InChI=1S/C17H22FN3O2/c1-2-19-17(21-12-15(22)16-7-4-10-23-16)20-9-8-13-5-3-6-14(18)11-13/h3-7,10-11,15,22H,2,8-9,12H2,1H3,(H2,19,20,21). The third-order valence-corrected chi connectivity index (χ3v) is 3.23. The first kappa shape index (κ1) is 17.0. The molecule has 0 aliphatic carbocycles. The molecule has 0 aliphatic heterocycles. The van der Waals surface area contributed by atoms with Gasteiger partial charge in [0.2, 0.25) is 0 Å². The van der Waals surface area contributed by atoms with Crippen LogP contribution in [0.3, 0.4) is 0 Å². The minimum absolute atomic E-state index is 0.197. The third-order valence-electron chi connectivity index (χ3n) is 3.23. The second-order valence-corrected chi connectivity index (χ2v) is 5.06. The molecule has 0 spiro atoms. The van der Waals surface area contributed by atoms with E-state index in [1.807, 2.05) is 13.0 Å². The maximum absolute atomic E-state index is 13.1. The SMILES string of the molecule is CCNC(=NCC(O)c1ccco1)NCCc1cccc(F)c1. The number of aliphatic imine (C=N–C) groups is 1. The van der Waals surface area contributed by atoms with Crippen LogP contribution in [0.25, 0.3) is 0 Å². The lowest BCUT2D eigenvalue weighted by molar-refractivity contribution is 0.158. The van der Waals surface area contributed by atoms with Gasteiger partial charge in [-0.1, -0.05) is 12.1 Å². The van der Waals surface area contributed by atoms with Gasteiger partial charge in [0.1, 0.15) is 17.7 Å². The largest absolute Gasteiger partial charge is 0.467 e. The summed E-state index contributed by atoms with van der Waals surface area (Å²) in [6.07, 6.45) is 1.43. The summed E-state index contributed by atoms with van der Waals surface area (Å²) in [5.41, 5.74) is 0.920. The van der Waals surface area contributed by atoms with Crippen LogP contribution in [0.5, 0.6) is 0 Å². The predicted molar refractivity (Wildman–Crippen MR) is 87.8 cm³/mol. The molecule has 2 rings (SSSR count). The number of guanidine groups is 1. The zero-order chi connectivity index (χ0) is 16.5. The second kappa shape index (κ2) is 8.95. The van der Waals surface area contributed by atoms with Crippen molar-refractivity contribution in [2.75, 3.05) is 19.6 Å². The molecule has 0 saturated heterocycles. The number of aliphatic hydroxyl groups excluding tert-OH is 1. The Bertz CT molecular complexity index is 614. The molecule has 1 atom stereocenters. The number of benzene rings is 1. The summed E-state index contributed by atoms with van der Waals surface area (Å²) in [4.78, 5) is 4.33. The minimum atomic E-state index is -0.774. The van der Waals surface area contributed by atoms with Crippen LogP contribution in [0, 0.1) is 5.82 Å². The van der Waals surface area contributed by atoms with Crippen molar-refractivity contribution in [2.45, 2.75) is 19.4 Å². The fourth-order valence-corrected chi connectivity index (χ4v) is 2.11. The lowest BCUT2D eigenvalue weighted by Gasteiger charge is -2.12. The first-order valence-corrected chi connectivity index (χ1v) is 7.67. The molecule has 0 aliphatic rings. The Morgan fingerprint density at radius 1 is 1.30 bits per heavy atom. The Labute approximate surface area is 135 Å². The molecular formula is C17H22FN3O2. The van der Waals surface area contributed by atoms with Crippen molar-refractivity contribution in [3.05, 3.63) is 59.8 Å². The lowest BCUT2D eigenvalue weighted by atomic mass is 10.1. The Kier molecular flexibility index (Phi) is 6.62. The molecule has 0 saturated carbocycles. The molecule has 5 nitrogen and oxygen atoms in total. The van der Waals surface area contributed by atoms with Gasteiger partial charge in [-0.2, -0.15) is 0 Å². The molecule has 0 fully saturated rings. The zero-order valence-corrected chi connectivity index (χ0v) is 13.1. The summed E-state index contributed by atoms with van der Waals surface area (Å²) >= 11 is 0. The van der Waals surface area contributed by atoms with Gasteiger partial charge < -0.3 is 20.2 Å². The number of hydrogen-bond donors (Lipinski definition) is 3. The number of hydrogen-bond acceptors (Lipinski definition) is 3. The average molecular weight is 319 g/mol. The van der Waals surface area contributed by atoms with Crippen LogP contribution >= 0.6 is 0 Å². The highest BCUT2D eigenvalue weighted by Gasteiger charge is 2.09. The Morgan fingerprint density at radius 3 is 2.87 bits per heavy atom. The molecule has 3 N–H and O–H groups in total. The van der Waals surface area contributed by atoms with Crippen LogP contribution in [0.4, 0.5) is 4.39 Å². The quantitative estimate of drug-likeness (QED) is 0.541. The van der Waals surface area contributed by atoms with Gasteiger partial charge >= 0.3 is 0 Å². The van der Waals surface area contributed by atoms with Gasteiger partial charge in [0.25, 0.3) is 0 Å². The summed E-state index contributed by atoms with van der Waals surface area (Å²) in [6.45, 7) is 3.49. The van der Waals surface area contributed by atoms with Crippen molar-refractivity contribution in [1.29, 1.82) is 0 Å². The van der Waals surface area contributed by atoms with Gasteiger partial charge in [0.15, 0.2) is 5.96 Å². The van der Waals surface area contributed by atoms with E-state index in [4.69, 9.17) is 4.42 Å². The van der Waals surface area contributed by atoms with Crippen LogP contribution in [0.15, 0.2) is 52.1 Å². The number of furan rings is 1. The summed E-state index contributed by atoms with van der Waals surface area (Å²) in [6, 6.07) is 9.97. The van der Waals surface area contributed by atoms with E-state index in [2.05, 4.69) is 15.6 Å². The topological polar surface area (TPSA) is 69.8 Å². The fourth-order valence-electron chi connectivity index (χ4n) is 2.11. The number of aliphatic hydroxyl groups is 1. The highest BCUT2D eigenvalue weighted by atomic mass is 19.1. The van der Waals surface area contributed by atoms with Crippen LogP contribution in [-0.2, 0) is 6.42 Å². The molecule has 23 heavy (non-hydrogen) atoms. The molecule has 0 bridgehead atoms. The first-order chi connectivity index (χ1) is 11.2. The van der Waals surface area contributed by atoms with Crippen molar-refractivity contribution in [1.82, 2.24) is 10.6 Å². The number of rotatable bonds is 7. The van der Waals surface area contributed by atoms with Crippen LogP contribution < -0.4 is 10.6 Å². The van der Waals surface area contributed by atoms with Gasteiger partial charge in [0.05, 0.1) is 12.8 Å². The molecule has 0 radical (unpaired) electrons. The van der Waals surface area contributed by atoms with Gasteiger partial charge in [-0.25, -0.2) is 4.39 Å². The maximum atomic E-state index is 13.1. The Morgan fingerprint density at radius 2 is 2.17 bits per heavy atom. The third kappa shape index (κ3) is 5.75. The maximum Gasteiger partial charge on any atom is 0.191 e. The highest BCUT2D eigenvalue weighted by molar-refractivity contribution is 5.79. The van der Waals surface area contributed by atoms with Gasteiger partial charge in [-0.3, -0.25) is 4.99 Å². The highest BCUT2D eigenvalue weighted by Crippen LogP contribution is 2.12. The molecule has 1 heterocycles. The lowest BCUT2D eigenvalue weighted by Crippen LogP contribution is -2.38. The van der Waals surface area contributed by atoms with E-state index in [9.17, 15) is 9.50 Å². The minimum Gasteiger partial charge on any atom is -0.467 e. The van der Waals surface area contributed by atoms with Crippen LogP contribution in [-0.4, -0.2) is 30.7 Å². The van der Waals surface area contributed by atoms with Gasteiger partial charge in [0, 0.05) is 13.1 Å². The molecule has 0 amide bonds. The Balaban J connectivity index is 1.84. The zero-order valence-electron chi connectivity index (χ0n) is 13.1. The van der Waals surface area contributed by atoms with E-state index in [1.54, 1.807) is 18.2 Å². The summed E-state index contributed by atoms with van der Waals surface area (Å²) < 4.78 is 18.3. The molecule has 1 unspecified atom stereocenters. The van der Waals surface area contributed by atoms with E-state index in [0.29, 0.717) is 31.2 Å². The molecule has 1 aromatic carbocycles.